The van der Waals surface area contributed by atoms with Gasteiger partial charge in [0, 0.05) is 31.3 Å². The van der Waals surface area contributed by atoms with Crippen molar-refractivity contribution in [1.29, 1.82) is 0 Å². The number of nitrogens with one attached hydrogen (secondary N) is 1. The SMILES string of the molecule is CCOc1cc(N2CCOCC2)c(OCC)cc1NC(=O)/C=C/c1ccc(Br)o1. The highest BCUT2D eigenvalue weighted by atomic mass is 79.9. The Morgan fingerprint density at radius 1 is 1.17 bits per heavy atom. The highest BCUT2D eigenvalue weighted by molar-refractivity contribution is 9.10. The molecule has 3 rings (SSSR count). The molecule has 8 heteroatoms. The molecule has 29 heavy (non-hydrogen) atoms. The zero-order chi connectivity index (χ0) is 20.6. The summed E-state index contributed by atoms with van der Waals surface area (Å²) >= 11 is 3.24. The van der Waals surface area contributed by atoms with Crippen LogP contribution in [0.15, 0.2) is 39.4 Å². The van der Waals surface area contributed by atoms with E-state index in [1.165, 1.54) is 6.08 Å². The number of furan rings is 1. The minimum atomic E-state index is -0.292. The summed E-state index contributed by atoms with van der Waals surface area (Å²) in [5.74, 6) is 1.59. The third-order valence-electron chi connectivity index (χ3n) is 4.26. The van der Waals surface area contributed by atoms with E-state index in [1.807, 2.05) is 26.0 Å². The van der Waals surface area contributed by atoms with E-state index in [0.29, 0.717) is 54.0 Å². The number of morpholine rings is 1. The predicted molar refractivity (Wildman–Crippen MR) is 116 cm³/mol. The molecule has 0 atom stereocenters. The van der Waals surface area contributed by atoms with Crippen LogP contribution in [0.1, 0.15) is 19.6 Å². The normalized spacial score (nSPS) is 14.2. The standard InChI is InChI=1S/C21H25BrN2O5/c1-3-27-18-14-17(24-9-11-26-12-10-24)19(28-4-2)13-16(18)23-21(25)8-6-15-5-7-20(22)29-15/h5-8,13-14H,3-4,9-12H2,1-2H3,(H,23,25)/b8-6+. The van der Waals surface area contributed by atoms with Gasteiger partial charge in [-0.15, -0.1) is 0 Å². The quantitative estimate of drug-likeness (QED) is 0.586. The molecule has 1 amide bonds. The summed E-state index contributed by atoms with van der Waals surface area (Å²) in [4.78, 5) is 14.6. The molecule has 2 aromatic rings. The van der Waals surface area contributed by atoms with Gasteiger partial charge in [-0.1, -0.05) is 0 Å². The summed E-state index contributed by atoms with van der Waals surface area (Å²) in [5.41, 5.74) is 1.50. The molecular formula is C21H25BrN2O5. The minimum Gasteiger partial charge on any atom is -0.492 e. The van der Waals surface area contributed by atoms with Crippen LogP contribution in [0, 0.1) is 0 Å². The van der Waals surface area contributed by atoms with E-state index >= 15 is 0 Å². The molecule has 1 saturated heterocycles. The molecule has 0 unspecified atom stereocenters. The van der Waals surface area contributed by atoms with Crippen LogP contribution in [-0.4, -0.2) is 45.4 Å². The molecule has 2 heterocycles. The molecule has 0 bridgehead atoms. The van der Waals surface area contributed by atoms with Gasteiger partial charge < -0.3 is 28.8 Å². The Labute approximate surface area is 178 Å². The highest BCUT2D eigenvalue weighted by Crippen LogP contribution is 2.39. The Morgan fingerprint density at radius 3 is 2.55 bits per heavy atom. The van der Waals surface area contributed by atoms with Gasteiger partial charge in [0.15, 0.2) is 4.67 Å². The van der Waals surface area contributed by atoms with Gasteiger partial charge in [0.05, 0.1) is 37.8 Å². The number of anilines is 2. The van der Waals surface area contributed by atoms with Gasteiger partial charge in [-0.2, -0.15) is 0 Å². The average Bonchev–Trinajstić information content (AvgIpc) is 3.14. The van der Waals surface area contributed by atoms with Crippen molar-refractivity contribution in [3.63, 3.8) is 0 Å². The molecule has 1 N–H and O–H groups in total. The molecule has 1 aliphatic rings. The van der Waals surface area contributed by atoms with Crippen LogP contribution < -0.4 is 19.7 Å². The lowest BCUT2D eigenvalue weighted by molar-refractivity contribution is -0.111. The minimum absolute atomic E-state index is 0.292. The van der Waals surface area contributed by atoms with Crippen molar-refractivity contribution in [2.45, 2.75) is 13.8 Å². The number of hydrogen-bond acceptors (Lipinski definition) is 6. The van der Waals surface area contributed by atoms with Crippen LogP contribution in [0.2, 0.25) is 0 Å². The Kier molecular flexibility index (Phi) is 7.60. The van der Waals surface area contributed by atoms with E-state index < -0.39 is 0 Å². The smallest absolute Gasteiger partial charge is 0.248 e. The Hall–Kier alpha value is -2.45. The highest BCUT2D eigenvalue weighted by Gasteiger charge is 2.20. The zero-order valence-corrected chi connectivity index (χ0v) is 18.2. The predicted octanol–water partition coefficient (Wildman–Crippen LogP) is 4.33. The fourth-order valence-electron chi connectivity index (χ4n) is 2.99. The number of amides is 1. The molecule has 156 valence electrons. The van der Waals surface area contributed by atoms with Crippen LogP contribution in [-0.2, 0) is 9.53 Å². The zero-order valence-electron chi connectivity index (χ0n) is 16.6. The van der Waals surface area contributed by atoms with Gasteiger partial charge in [-0.05, 0) is 48.0 Å². The van der Waals surface area contributed by atoms with Gasteiger partial charge in [0.1, 0.15) is 17.3 Å². The average molecular weight is 465 g/mol. The summed E-state index contributed by atoms with van der Waals surface area (Å²) in [5, 5.41) is 2.87. The molecule has 0 radical (unpaired) electrons. The number of halogens is 1. The monoisotopic (exact) mass is 464 g/mol. The number of hydrogen-bond donors (Lipinski definition) is 1. The summed E-state index contributed by atoms with van der Waals surface area (Å²) in [6.45, 7) is 7.73. The first-order valence-electron chi connectivity index (χ1n) is 9.61. The lowest BCUT2D eigenvalue weighted by Crippen LogP contribution is -2.36. The van der Waals surface area contributed by atoms with E-state index in [1.54, 1.807) is 18.2 Å². The summed E-state index contributed by atoms with van der Waals surface area (Å²) in [6, 6.07) is 7.27. The first-order chi connectivity index (χ1) is 14.1. The first-order valence-corrected chi connectivity index (χ1v) is 10.4. The second-order valence-electron chi connectivity index (χ2n) is 6.25. The van der Waals surface area contributed by atoms with E-state index in [-0.39, 0.29) is 5.91 Å². The number of carbonyl (C=O) groups is 1. The van der Waals surface area contributed by atoms with Gasteiger partial charge in [-0.25, -0.2) is 0 Å². The lowest BCUT2D eigenvalue weighted by atomic mass is 10.2. The molecule has 7 nitrogen and oxygen atoms in total. The molecule has 1 fully saturated rings. The third-order valence-corrected chi connectivity index (χ3v) is 4.69. The molecule has 0 spiro atoms. The number of ether oxygens (including phenoxy) is 3. The second-order valence-corrected chi connectivity index (χ2v) is 7.03. The van der Waals surface area contributed by atoms with E-state index in [2.05, 4.69) is 26.1 Å². The first kappa shape index (κ1) is 21.3. The van der Waals surface area contributed by atoms with Crippen LogP contribution in [0.4, 0.5) is 11.4 Å². The van der Waals surface area contributed by atoms with Crippen molar-refractivity contribution in [2.75, 3.05) is 49.7 Å². The van der Waals surface area contributed by atoms with Crippen molar-refractivity contribution in [2.24, 2.45) is 0 Å². The summed E-state index contributed by atoms with van der Waals surface area (Å²) < 4.78 is 23.1. The van der Waals surface area contributed by atoms with E-state index in [0.717, 1.165) is 18.8 Å². The van der Waals surface area contributed by atoms with Crippen molar-refractivity contribution in [1.82, 2.24) is 0 Å². The van der Waals surface area contributed by atoms with E-state index in [9.17, 15) is 4.79 Å². The maximum Gasteiger partial charge on any atom is 0.248 e. The number of nitrogens with zero attached hydrogens (tertiary/aromatic N) is 1. The van der Waals surface area contributed by atoms with Gasteiger partial charge in [0.2, 0.25) is 5.91 Å². The third kappa shape index (κ3) is 5.77. The fourth-order valence-corrected chi connectivity index (χ4v) is 3.31. The van der Waals surface area contributed by atoms with Crippen LogP contribution >= 0.6 is 15.9 Å². The van der Waals surface area contributed by atoms with Gasteiger partial charge in [-0.3, -0.25) is 4.79 Å². The maximum atomic E-state index is 12.4. The Balaban J connectivity index is 1.84. The van der Waals surface area contributed by atoms with Gasteiger partial charge >= 0.3 is 0 Å². The molecule has 1 aliphatic heterocycles. The van der Waals surface area contributed by atoms with Crippen LogP contribution in [0.5, 0.6) is 11.5 Å². The molecule has 0 aliphatic carbocycles. The number of rotatable bonds is 8. The number of carbonyl (C=O) groups excluding carboxylic acids is 1. The molecule has 0 saturated carbocycles. The van der Waals surface area contributed by atoms with Crippen LogP contribution in [0.3, 0.4) is 0 Å². The lowest BCUT2D eigenvalue weighted by Gasteiger charge is -2.31. The van der Waals surface area contributed by atoms with Crippen molar-refractivity contribution in [3.8, 4) is 11.5 Å². The molecular weight excluding hydrogens is 440 g/mol. The molecule has 1 aromatic carbocycles. The largest absolute Gasteiger partial charge is 0.492 e. The van der Waals surface area contributed by atoms with E-state index in [4.69, 9.17) is 18.6 Å². The molecule has 1 aromatic heterocycles. The maximum absolute atomic E-state index is 12.4. The topological polar surface area (TPSA) is 73.2 Å². The Morgan fingerprint density at radius 2 is 1.90 bits per heavy atom. The number of benzene rings is 1. The van der Waals surface area contributed by atoms with Crippen molar-refractivity contribution < 1.29 is 23.4 Å². The van der Waals surface area contributed by atoms with Gasteiger partial charge in [0.25, 0.3) is 0 Å². The van der Waals surface area contributed by atoms with Crippen LogP contribution in [0.25, 0.3) is 6.08 Å². The summed E-state index contributed by atoms with van der Waals surface area (Å²) in [6.07, 6.45) is 3.02. The van der Waals surface area contributed by atoms with Crippen molar-refractivity contribution in [3.05, 3.63) is 40.8 Å². The fraction of sp³-hybridized carbons (Fsp3) is 0.381. The Bertz CT molecular complexity index is 859. The second kappa shape index (κ2) is 10.4. The van der Waals surface area contributed by atoms with Crippen molar-refractivity contribution >= 4 is 39.3 Å². The summed E-state index contributed by atoms with van der Waals surface area (Å²) in [7, 11) is 0.